The molecule has 29 heavy (non-hydrogen) atoms. The highest BCUT2D eigenvalue weighted by molar-refractivity contribution is 5.66. The molecule has 0 N–H and O–H groups in total. The summed E-state index contributed by atoms with van der Waals surface area (Å²) < 4.78 is 17.7. The van der Waals surface area contributed by atoms with Crippen molar-refractivity contribution in [1.29, 1.82) is 0 Å². The molecular weight excluding hydrogens is 364 g/mol. The van der Waals surface area contributed by atoms with Crippen LogP contribution in [0.4, 0.5) is 0 Å². The third-order valence-electron chi connectivity index (χ3n) is 9.30. The smallest absolute Gasteiger partial charge is 0.302 e. The largest absolute Gasteiger partial charge is 0.462 e. The van der Waals surface area contributed by atoms with E-state index in [9.17, 15) is 4.79 Å². The first-order valence-electron chi connectivity index (χ1n) is 11.6. The molecule has 0 aromatic rings. The van der Waals surface area contributed by atoms with Crippen molar-refractivity contribution in [3.05, 3.63) is 23.3 Å². The lowest BCUT2D eigenvalue weighted by atomic mass is 9.47. The van der Waals surface area contributed by atoms with Crippen LogP contribution < -0.4 is 0 Å². The van der Waals surface area contributed by atoms with Gasteiger partial charge in [-0.1, -0.05) is 31.6 Å². The zero-order chi connectivity index (χ0) is 20.4. The summed E-state index contributed by atoms with van der Waals surface area (Å²) in [6, 6.07) is 0. The molecule has 0 spiro atoms. The normalized spacial score (nSPS) is 45.5. The zero-order valence-electron chi connectivity index (χ0n) is 18.5. The summed E-state index contributed by atoms with van der Waals surface area (Å²) in [5.41, 5.74) is 3.43. The average Bonchev–Trinajstić information content (AvgIpc) is 3.25. The number of carbonyl (C=O) groups excluding carboxylic acids is 1. The van der Waals surface area contributed by atoms with Gasteiger partial charge in [-0.2, -0.15) is 0 Å². The van der Waals surface area contributed by atoms with Crippen LogP contribution in [0, 0.1) is 28.6 Å². The van der Waals surface area contributed by atoms with Crippen LogP contribution in [0.5, 0.6) is 0 Å². The van der Waals surface area contributed by atoms with Gasteiger partial charge in [-0.15, -0.1) is 0 Å². The Bertz CT molecular complexity index is 761. The first kappa shape index (κ1) is 19.8. The molecule has 4 heteroatoms. The summed E-state index contributed by atoms with van der Waals surface area (Å²) in [6.45, 7) is 10.0. The van der Waals surface area contributed by atoms with Crippen molar-refractivity contribution in [2.24, 2.45) is 28.6 Å². The maximum Gasteiger partial charge on any atom is 0.302 e. The number of hydrogen-bond acceptors (Lipinski definition) is 4. The second kappa shape index (κ2) is 6.68. The van der Waals surface area contributed by atoms with Crippen LogP contribution in [0.25, 0.3) is 0 Å². The first-order valence-corrected chi connectivity index (χ1v) is 11.6. The molecule has 6 atom stereocenters. The van der Waals surface area contributed by atoms with Crippen molar-refractivity contribution in [1.82, 2.24) is 0 Å². The third-order valence-corrected chi connectivity index (χ3v) is 9.30. The Labute approximate surface area is 175 Å². The Hall–Kier alpha value is -1.13. The summed E-state index contributed by atoms with van der Waals surface area (Å²) >= 11 is 0. The molecule has 0 amide bonds. The van der Waals surface area contributed by atoms with E-state index in [0.29, 0.717) is 19.1 Å². The van der Waals surface area contributed by atoms with E-state index in [1.165, 1.54) is 31.8 Å². The van der Waals surface area contributed by atoms with Gasteiger partial charge in [0.25, 0.3) is 0 Å². The number of carbonyl (C=O) groups is 1. The van der Waals surface area contributed by atoms with Crippen LogP contribution in [0.15, 0.2) is 23.3 Å². The number of fused-ring (bicyclic) bond motifs is 5. The molecule has 0 bridgehead atoms. The molecule has 1 saturated heterocycles. The van der Waals surface area contributed by atoms with E-state index in [4.69, 9.17) is 14.2 Å². The SMILES string of the molecule is CC(=O)O[C@@H]1CC[C@@]2(C)C(=CC[C@@H]3[C@H]2CC[C@@]2(C)C(C4(C)OCCO4)=CC[C@H]32)C1. The molecule has 0 aromatic carbocycles. The van der Waals surface area contributed by atoms with Crippen LogP contribution in [-0.4, -0.2) is 31.1 Å². The van der Waals surface area contributed by atoms with Crippen LogP contribution in [0.1, 0.15) is 72.6 Å². The molecule has 2 saturated carbocycles. The molecule has 5 aliphatic rings. The van der Waals surface area contributed by atoms with Gasteiger partial charge in [-0.25, -0.2) is 0 Å². The molecule has 5 rings (SSSR count). The summed E-state index contributed by atoms with van der Waals surface area (Å²) in [5, 5.41) is 0. The fourth-order valence-corrected chi connectivity index (χ4v) is 7.90. The van der Waals surface area contributed by atoms with Gasteiger partial charge in [0.1, 0.15) is 6.10 Å². The van der Waals surface area contributed by atoms with E-state index in [2.05, 4.69) is 32.9 Å². The minimum absolute atomic E-state index is 0.0774. The molecule has 160 valence electrons. The monoisotopic (exact) mass is 400 g/mol. The summed E-state index contributed by atoms with van der Waals surface area (Å²) in [7, 11) is 0. The lowest BCUT2D eigenvalue weighted by Gasteiger charge is -2.58. The van der Waals surface area contributed by atoms with Crippen molar-refractivity contribution in [3.8, 4) is 0 Å². The van der Waals surface area contributed by atoms with Gasteiger partial charge in [0.2, 0.25) is 0 Å². The van der Waals surface area contributed by atoms with E-state index < -0.39 is 5.79 Å². The molecule has 4 aliphatic carbocycles. The van der Waals surface area contributed by atoms with E-state index >= 15 is 0 Å². The topological polar surface area (TPSA) is 44.8 Å². The Kier molecular flexibility index (Phi) is 4.57. The molecule has 0 aromatic heterocycles. The molecule has 4 nitrogen and oxygen atoms in total. The van der Waals surface area contributed by atoms with E-state index in [1.807, 2.05) is 0 Å². The van der Waals surface area contributed by atoms with Crippen LogP contribution in [-0.2, 0) is 19.0 Å². The predicted octanol–water partition coefficient (Wildman–Crippen LogP) is 5.18. The minimum atomic E-state index is -0.516. The van der Waals surface area contributed by atoms with Gasteiger partial charge >= 0.3 is 5.97 Å². The third kappa shape index (κ3) is 2.89. The summed E-state index contributed by atoms with van der Waals surface area (Å²) in [4.78, 5) is 11.4. The zero-order valence-corrected chi connectivity index (χ0v) is 18.5. The lowest BCUT2D eigenvalue weighted by molar-refractivity contribution is -0.149. The van der Waals surface area contributed by atoms with Crippen molar-refractivity contribution in [3.63, 3.8) is 0 Å². The van der Waals surface area contributed by atoms with Gasteiger partial charge in [-0.3, -0.25) is 4.79 Å². The van der Waals surface area contributed by atoms with Crippen molar-refractivity contribution in [2.45, 2.75) is 84.5 Å². The van der Waals surface area contributed by atoms with Crippen molar-refractivity contribution in [2.75, 3.05) is 13.2 Å². The predicted molar refractivity (Wildman–Crippen MR) is 111 cm³/mol. The first-order chi connectivity index (χ1) is 13.8. The highest BCUT2D eigenvalue weighted by Gasteiger charge is 2.59. The van der Waals surface area contributed by atoms with Gasteiger partial charge in [0.15, 0.2) is 5.79 Å². The number of rotatable bonds is 2. The fourth-order valence-electron chi connectivity index (χ4n) is 7.90. The number of allylic oxidation sites excluding steroid dienone is 2. The van der Waals surface area contributed by atoms with Crippen molar-refractivity contribution >= 4 is 5.97 Å². The highest BCUT2D eigenvalue weighted by atomic mass is 16.7. The fraction of sp³-hybridized carbons (Fsp3) is 0.800. The highest BCUT2D eigenvalue weighted by Crippen LogP contribution is 2.66. The molecule has 1 aliphatic heterocycles. The van der Waals surface area contributed by atoms with Crippen LogP contribution in [0.2, 0.25) is 0 Å². The summed E-state index contributed by atoms with van der Waals surface area (Å²) in [5.74, 6) is 1.49. The number of hydrogen-bond donors (Lipinski definition) is 0. The summed E-state index contributed by atoms with van der Waals surface area (Å²) in [6.07, 6.45) is 13.0. The number of esters is 1. The van der Waals surface area contributed by atoms with E-state index in [1.54, 1.807) is 5.57 Å². The maximum atomic E-state index is 11.4. The average molecular weight is 401 g/mol. The van der Waals surface area contributed by atoms with Gasteiger partial charge in [0.05, 0.1) is 13.2 Å². The lowest BCUT2D eigenvalue weighted by Crippen LogP contribution is -2.51. The Morgan fingerprint density at radius 1 is 1.00 bits per heavy atom. The Morgan fingerprint density at radius 3 is 2.45 bits per heavy atom. The van der Waals surface area contributed by atoms with Crippen molar-refractivity contribution < 1.29 is 19.0 Å². The molecular formula is C25H36O4. The minimum Gasteiger partial charge on any atom is -0.462 e. The van der Waals surface area contributed by atoms with E-state index in [0.717, 1.165) is 37.5 Å². The molecule has 0 radical (unpaired) electrons. The van der Waals surface area contributed by atoms with Crippen LogP contribution >= 0.6 is 0 Å². The van der Waals surface area contributed by atoms with Gasteiger partial charge < -0.3 is 14.2 Å². The molecule has 3 fully saturated rings. The second-order valence-corrected chi connectivity index (χ2v) is 10.7. The maximum absolute atomic E-state index is 11.4. The standard InChI is InChI=1S/C25H36O4/c1-16(26)29-18-9-11-23(2)17(15-18)5-6-19-20-7-8-22(25(4)27-13-14-28-25)24(20,3)12-10-21(19)23/h5,8,18-21H,6-7,9-15H2,1-4H3/t18-,19+,20-,21-,23+,24-/m1/s1. The Morgan fingerprint density at radius 2 is 1.72 bits per heavy atom. The quantitative estimate of drug-likeness (QED) is 0.473. The molecule has 1 heterocycles. The Balaban J connectivity index is 1.39. The second-order valence-electron chi connectivity index (χ2n) is 10.7. The molecule has 0 unspecified atom stereocenters. The van der Waals surface area contributed by atoms with Gasteiger partial charge in [-0.05, 0) is 79.6 Å². The van der Waals surface area contributed by atoms with E-state index in [-0.39, 0.29) is 22.9 Å². The van der Waals surface area contributed by atoms with Crippen LogP contribution in [0.3, 0.4) is 0 Å². The number of ether oxygens (including phenoxy) is 3. The van der Waals surface area contributed by atoms with Gasteiger partial charge in [0, 0.05) is 13.3 Å².